The molecule has 0 unspecified atom stereocenters. The van der Waals surface area contributed by atoms with E-state index in [1.54, 1.807) is 0 Å². The highest BCUT2D eigenvalue weighted by Crippen LogP contribution is 2.19. The van der Waals surface area contributed by atoms with Gasteiger partial charge in [-0.25, -0.2) is 0 Å². The second-order valence-electron chi connectivity index (χ2n) is 3.26. The van der Waals surface area contributed by atoms with Gasteiger partial charge in [0.25, 0.3) is 0 Å². The molecule has 0 aliphatic rings. The highest BCUT2D eigenvalue weighted by atomic mass is 16.3. The third-order valence-electron chi connectivity index (χ3n) is 2.23. The molecule has 1 heterocycles. The maximum atomic E-state index is 5.59. The maximum absolute atomic E-state index is 5.59. The lowest BCUT2D eigenvalue weighted by molar-refractivity contribution is 0.505. The molecule has 0 saturated heterocycles. The predicted molar refractivity (Wildman–Crippen MR) is 56.8 cm³/mol. The van der Waals surface area contributed by atoms with E-state index in [0.29, 0.717) is 0 Å². The molecule has 0 fully saturated rings. The lowest BCUT2D eigenvalue weighted by Crippen LogP contribution is -1.83. The number of hydrogen-bond donors (Lipinski definition) is 0. The summed E-state index contributed by atoms with van der Waals surface area (Å²) in [5.74, 6) is 2.03. The van der Waals surface area contributed by atoms with E-state index in [2.05, 4.69) is 26.5 Å². The van der Waals surface area contributed by atoms with Crippen LogP contribution in [0.2, 0.25) is 0 Å². The van der Waals surface area contributed by atoms with Gasteiger partial charge in [-0.05, 0) is 30.5 Å². The van der Waals surface area contributed by atoms with Crippen molar-refractivity contribution in [2.24, 2.45) is 0 Å². The fourth-order valence-electron chi connectivity index (χ4n) is 1.41. The smallest absolute Gasteiger partial charge is 0.129 e. The summed E-state index contributed by atoms with van der Waals surface area (Å²) >= 11 is 0. The van der Waals surface area contributed by atoms with Crippen LogP contribution < -0.4 is 0 Å². The first-order valence-corrected chi connectivity index (χ1v) is 5.05. The van der Waals surface area contributed by atoms with E-state index in [-0.39, 0.29) is 0 Å². The van der Waals surface area contributed by atoms with Crippen LogP contribution in [0, 0.1) is 0 Å². The van der Waals surface area contributed by atoms with Crippen molar-refractivity contribution in [3.05, 3.63) is 29.7 Å². The first-order chi connectivity index (χ1) is 6.31. The monoisotopic (exact) mass is 178 g/mol. The van der Waals surface area contributed by atoms with E-state index < -0.39 is 0 Å². The summed E-state index contributed by atoms with van der Waals surface area (Å²) in [6.45, 7) is 8.06. The zero-order chi connectivity index (χ0) is 9.68. The highest BCUT2D eigenvalue weighted by Gasteiger charge is 2.05. The van der Waals surface area contributed by atoms with E-state index in [9.17, 15) is 0 Å². The van der Waals surface area contributed by atoms with Crippen molar-refractivity contribution in [3.63, 3.8) is 0 Å². The Bertz CT molecular complexity index is 271. The molecule has 13 heavy (non-hydrogen) atoms. The summed E-state index contributed by atoms with van der Waals surface area (Å²) < 4.78 is 5.59. The van der Waals surface area contributed by atoms with E-state index in [1.165, 1.54) is 18.4 Å². The van der Waals surface area contributed by atoms with Crippen LogP contribution >= 0.6 is 0 Å². The van der Waals surface area contributed by atoms with Crippen LogP contribution in [-0.2, 0) is 12.8 Å². The molecule has 1 nitrogen and oxygen atoms in total. The average molecular weight is 178 g/mol. The Labute approximate surface area is 80.5 Å². The summed E-state index contributed by atoms with van der Waals surface area (Å²) in [5.41, 5.74) is 1.31. The molecular weight excluding hydrogens is 160 g/mol. The number of furan rings is 1. The molecule has 0 radical (unpaired) electrons. The number of unbranched alkanes of at least 4 members (excludes halogenated alkanes) is 1. The van der Waals surface area contributed by atoms with Crippen LogP contribution in [0.3, 0.4) is 0 Å². The molecule has 1 rings (SSSR count). The molecule has 0 bridgehead atoms. The fraction of sp³-hybridized carbons (Fsp3) is 0.500. The van der Waals surface area contributed by atoms with Crippen LogP contribution in [0.25, 0.3) is 6.08 Å². The first-order valence-electron chi connectivity index (χ1n) is 5.05. The van der Waals surface area contributed by atoms with Crippen molar-refractivity contribution >= 4 is 6.08 Å². The van der Waals surface area contributed by atoms with Gasteiger partial charge in [0.05, 0.1) is 0 Å². The van der Waals surface area contributed by atoms with E-state index in [1.807, 2.05) is 6.08 Å². The molecule has 0 atom stereocenters. The molecule has 1 aromatic rings. The summed E-state index contributed by atoms with van der Waals surface area (Å²) in [4.78, 5) is 0. The normalized spacial score (nSPS) is 10.3. The Morgan fingerprint density at radius 3 is 2.77 bits per heavy atom. The Morgan fingerprint density at radius 1 is 1.46 bits per heavy atom. The Morgan fingerprint density at radius 2 is 2.23 bits per heavy atom. The zero-order valence-corrected chi connectivity index (χ0v) is 8.60. The second kappa shape index (κ2) is 4.90. The molecule has 1 heteroatoms. The topological polar surface area (TPSA) is 13.1 Å². The van der Waals surface area contributed by atoms with Gasteiger partial charge >= 0.3 is 0 Å². The minimum absolute atomic E-state index is 0.963. The number of aryl methyl sites for hydroxylation is 2. The highest BCUT2D eigenvalue weighted by molar-refractivity contribution is 5.46. The van der Waals surface area contributed by atoms with Crippen molar-refractivity contribution in [3.8, 4) is 0 Å². The van der Waals surface area contributed by atoms with E-state index >= 15 is 0 Å². The summed E-state index contributed by atoms with van der Waals surface area (Å²) in [6, 6.07) is 2.16. The SMILES string of the molecule is C=Cc1oc(CC)cc1CCCC. The molecule has 0 amide bonds. The standard InChI is InChI=1S/C12H18O/c1-4-7-8-10-9-11(5-2)13-12(10)6-3/h6,9H,3-5,7-8H2,1-2H3. The molecule has 0 aliphatic heterocycles. The lowest BCUT2D eigenvalue weighted by atomic mass is 10.1. The Kier molecular flexibility index (Phi) is 3.81. The molecule has 0 N–H and O–H groups in total. The Balaban J connectivity index is 2.77. The fourth-order valence-corrected chi connectivity index (χ4v) is 1.41. The van der Waals surface area contributed by atoms with Gasteiger partial charge in [0.2, 0.25) is 0 Å². The van der Waals surface area contributed by atoms with Crippen molar-refractivity contribution in [2.75, 3.05) is 0 Å². The maximum Gasteiger partial charge on any atom is 0.129 e. The number of hydrogen-bond acceptors (Lipinski definition) is 1. The molecular formula is C12H18O. The lowest BCUT2D eigenvalue weighted by Gasteiger charge is -1.94. The second-order valence-corrected chi connectivity index (χ2v) is 3.26. The summed E-state index contributed by atoms with van der Waals surface area (Å²) in [7, 11) is 0. The number of rotatable bonds is 5. The van der Waals surface area contributed by atoms with Crippen molar-refractivity contribution in [2.45, 2.75) is 39.5 Å². The van der Waals surface area contributed by atoms with E-state index in [4.69, 9.17) is 4.42 Å². The van der Waals surface area contributed by atoms with Crippen LogP contribution in [0.15, 0.2) is 17.1 Å². The zero-order valence-electron chi connectivity index (χ0n) is 8.60. The summed E-state index contributed by atoms with van der Waals surface area (Å²) in [6.07, 6.45) is 6.34. The van der Waals surface area contributed by atoms with Crippen molar-refractivity contribution in [1.82, 2.24) is 0 Å². The van der Waals surface area contributed by atoms with Crippen LogP contribution in [0.4, 0.5) is 0 Å². The molecule has 0 saturated carbocycles. The van der Waals surface area contributed by atoms with Gasteiger partial charge in [0, 0.05) is 6.42 Å². The van der Waals surface area contributed by atoms with Gasteiger partial charge < -0.3 is 4.42 Å². The largest absolute Gasteiger partial charge is 0.461 e. The summed E-state index contributed by atoms with van der Waals surface area (Å²) in [5, 5.41) is 0. The van der Waals surface area contributed by atoms with E-state index in [0.717, 1.165) is 24.4 Å². The molecule has 0 aromatic carbocycles. The van der Waals surface area contributed by atoms with Gasteiger partial charge in [-0.3, -0.25) is 0 Å². The first kappa shape index (κ1) is 10.1. The van der Waals surface area contributed by atoms with Gasteiger partial charge in [-0.2, -0.15) is 0 Å². The third-order valence-corrected chi connectivity index (χ3v) is 2.23. The van der Waals surface area contributed by atoms with Crippen molar-refractivity contribution in [1.29, 1.82) is 0 Å². The molecule has 0 spiro atoms. The Hall–Kier alpha value is -0.980. The average Bonchev–Trinajstić information content (AvgIpc) is 2.57. The van der Waals surface area contributed by atoms with Crippen LogP contribution in [0.1, 0.15) is 43.8 Å². The molecule has 72 valence electrons. The minimum atomic E-state index is 0.963. The van der Waals surface area contributed by atoms with Crippen LogP contribution in [-0.4, -0.2) is 0 Å². The van der Waals surface area contributed by atoms with Gasteiger partial charge in [0.1, 0.15) is 11.5 Å². The van der Waals surface area contributed by atoms with Gasteiger partial charge in [-0.15, -0.1) is 0 Å². The van der Waals surface area contributed by atoms with Crippen LogP contribution in [0.5, 0.6) is 0 Å². The predicted octanol–water partition coefficient (Wildman–Crippen LogP) is 3.83. The van der Waals surface area contributed by atoms with Gasteiger partial charge in [0.15, 0.2) is 0 Å². The quantitative estimate of drug-likeness (QED) is 0.668. The molecule has 0 aliphatic carbocycles. The van der Waals surface area contributed by atoms with Gasteiger partial charge in [-0.1, -0.05) is 26.8 Å². The minimum Gasteiger partial charge on any atom is -0.461 e. The third kappa shape index (κ3) is 2.48. The van der Waals surface area contributed by atoms with Crippen molar-refractivity contribution < 1.29 is 4.42 Å². The molecule has 1 aromatic heterocycles.